The van der Waals surface area contributed by atoms with Crippen molar-refractivity contribution in [2.45, 2.75) is 19.9 Å². The summed E-state index contributed by atoms with van der Waals surface area (Å²) in [6, 6.07) is 4.40. The summed E-state index contributed by atoms with van der Waals surface area (Å²) in [5, 5.41) is 4.64. The Labute approximate surface area is 107 Å². The van der Waals surface area contributed by atoms with E-state index in [0.717, 1.165) is 19.6 Å². The molecule has 1 saturated heterocycles. The summed E-state index contributed by atoms with van der Waals surface area (Å²) in [4.78, 5) is 2.38. The summed E-state index contributed by atoms with van der Waals surface area (Å²) < 4.78 is 0. The highest BCUT2D eigenvalue weighted by atomic mass is 35.5. The van der Waals surface area contributed by atoms with Crippen LogP contribution in [-0.4, -0.2) is 25.7 Å². The van der Waals surface area contributed by atoms with Crippen molar-refractivity contribution in [3.05, 3.63) is 27.7 Å². The predicted octanol–water partition coefficient (Wildman–Crippen LogP) is 3.10. The summed E-state index contributed by atoms with van der Waals surface area (Å²) >= 11 is 12.1. The number of aryl methyl sites for hydroxylation is 1. The molecule has 2 rings (SSSR count). The second kappa shape index (κ2) is 4.82. The van der Waals surface area contributed by atoms with E-state index in [4.69, 9.17) is 23.2 Å². The van der Waals surface area contributed by atoms with E-state index in [1.54, 1.807) is 0 Å². The molecule has 1 N–H and O–H groups in total. The van der Waals surface area contributed by atoms with Gasteiger partial charge in [-0.2, -0.15) is 0 Å². The Morgan fingerprint density at radius 3 is 2.69 bits per heavy atom. The Morgan fingerprint density at radius 2 is 2.00 bits per heavy atom. The van der Waals surface area contributed by atoms with Crippen LogP contribution in [0, 0.1) is 6.92 Å². The third-order valence-corrected chi connectivity index (χ3v) is 3.77. The molecule has 0 unspecified atom stereocenters. The first-order chi connectivity index (χ1) is 7.59. The Kier molecular flexibility index (Phi) is 3.63. The van der Waals surface area contributed by atoms with Crippen molar-refractivity contribution in [3.8, 4) is 0 Å². The fourth-order valence-corrected chi connectivity index (χ4v) is 2.52. The zero-order chi connectivity index (χ0) is 11.7. The van der Waals surface area contributed by atoms with Crippen molar-refractivity contribution >= 4 is 28.9 Å². The normalized spacial score (nSPS) is 21.2. The quantitative estimate of drug-likeness (QED) is 0.833. The van der Waals surface area contributed by atoms with Gasteiger partial charge in [0.15, 0.2) is 0 Å². The number of hydrogen-bond donors (Lipinski definition) is 1. The smallest absolute Gasteiger partial charge is 0.0613 e. The highest BCUT2D eigenvalue weighted by Crippen LogP contribution is 2.32. The number of halogens is 2. The summed E-state index contributed by atoms with van der Waals surface area (Å²) in [7, 11) is 0. The number of rotatable bonds is 1. The Hall–Kier alpha value is -0.440. The summed E-state index contributed by atoms with van der Waals surface area (Å²) in [6.45, 7) is 7.34. The van der Waals surface area contributed by atoms with Crippen LogP contribution in [0.25, 0.3) is 0 Å². The van der Waals surface area contributed by atoms with Crippen molar-refractivity contribution < 1.29 is 0 Å². The molecule has 0 spiro atoms. The maximum Gasteiger partial charge on any atom is 0.0613 e. The first-order valence-electron chi connectivity index (χ1n) is 5.52. The van der Waals surface area contributed by atoms with E-state index in [1.165, 1.54) is 11.3 Å². The molecule has 1 aliphatic rings. The average Bonchev–Trinajstić information content (AvgIpc) is 2.25. The third kappa shape index (κ3) is 2.29. The van der Waals surface area contributed by atoms with Gasteiger partial charge in [-0.1, -0.05) is 23.2 Å². The number of nitrogens with zero attached hydrogens (tertiary/aromatic N) is 1. The lowest BCUT2D eigenvalue weighted by Crippen LogP contribution is -2.50. The standard InChI is InChI=1S/C12H16Cl2N2/c1-8-5-10(13)11(14)6-12(8)16-4-3-15-7-9(16)2/h5-6,9,15H,3-4,7H2,1-2H3/t9-/m0/s1. The molecule has 0 aliphatic carbocycles. The number of piperazine rings is 1. The van der Waals surface area contributed by atoms with E-state index in [2.05, 4.69) is 24.1 Å². The van der Waals surface area contributed by atoms with E-state index in [-0.39, 0.29) is 0 Å². The molecule has 1 aromatic carbocycles. The lowest BCUT2D eigenvalue weighted by Gasteiger charge is -2.37. The molecular weight excluding hydrogens is 243 g/mol. The van der Waals surface area contributed by atoms with Crippen molar-refractivity contribution in [2.75, 3.05) is 24.5 Å². The highest BCUT2D eigenvalue weighted by molar-refractivity contribution is 6.42. The largest absolute Gasteiger partial charge is 0.366 e. The molecule has 1 aromatic rings. The molecule has 1 fully saturated rings. The van der Waals surface area contributed by atoms with Crippen LogP contribution in [0.2, 0.25) is 10.0 Å². The molecule has 4 heteroatoms. The van der Waals surface area contributed by atoms with Gasteiger partial charge in [0.1, 0.15) is 0 Å². The summed E-state index contributed by atoms with van der Waals surface area (Å²) in [5.74, 6) is 0. The minimum atomic E-state index is 0.490. The van der Waals surface area contributed by atoms with E-state index < -0.39 is 0 Å². The number of nitrogens with one attached hydrogen (secondary N) is 1. The fourth-order valence-electron chi connectivity index (χ4n) is 2.14. The van der Waals surface area contributed by atoms with E-state index in [9.17, 15) is 0 Å². The number of benzene rings is 1. The third-order valence-electron chi connectivity index (χ3n) is 3.05. The fraction of sp³-hybridized carbons (Fsp3) is 0.500. The molecule has 1 aliphatic heterocycles. The molecule has 0 amide bonds. The van der Waals surface area contributed by atoms with Crippen LogP contribution in [-0.2, 0) is 0 Å². The Balaban J connectivity index is 2.35. The van der Waals surface area contributed by atoms with Crippen molar-refractivity contribution in [3.63, 3.8) is 0 Å². The van der Waals surface area contributed by atoms with E-state index >= 15 is 0 Å². The molecule has 2 nitrogen and oxygen atoms in total. The molecule has 1 heterocycles. The van der Waals surface area contributed by atoms with Crippen molar-refractivity contribution in [2.24, 2.45) is 0 Å². The van der Waals surface area contributed by atoms with Gasteiger partial charge in [0.05, 0.1) is 10.0 Å². The molecule has 0 radical (unpaired) electrons. The van der Waals surface area contributed by atoms with Crippen LogP contribution < -0.4 is 10.2 Å². The lowest BCUT2D eigenvalue weighted by atomic mass is 10.1. The van der Waals surface area contributed by atoms with Gasteiger partial charge >= 0.3 is 0 Å². The van der Waals surface area contributed by atoms with Crippen molar-refractivity contribution in [1.29, 1.82) is 0 Å². The zero-order valence-electron chi connectivity index (χ0n) is 9.56. The Morgan fingerprint density at radius 1 is 1.31 bits per heavy atom. The average molecular weight is 259 g/mol. The van der Waals surface area contributed by atoms with Gasteiger partial charge in [0.2, 0.25) is 0 Å². The molecule has 0 bridgehead atoms. The van der Waals surface area contributed by atoms with Crippen LogP contribution in [0.4, 0.5) is 5.69 Å². The van der Waals surface area contributed by atoms with Gasteiger partial charge in [-0.05, 0) is 31.5 Å². The Bertz CT molecular complexity index is 393. The van der Waals surface area contributed by atoms with Gasteiger partial charge in [0.25, 0.3) is 0 Å². The van der Waals surface area contributed by atoms with E-state index in [0.29, 0.717) is 16.1 Å². The number of anilines is 1. The second-order valence-electron chi connectivity index (χ2n) is 4.30. The summed E-state index contributed by atoms with van der Waals surface area (Å²) in [5.41, 5.74) is 2.38. The van der Waals surface area contributed by atoms with Gasteiger partial charge in [-0.15, -0.1) is 0 Å². The zero-order valence-corrected chi connectivity index (χ0v) is 11.1. The minimum Gasteiger partial charge on any atom is -0.366 e. The highest BCUT2D eigenvalue weighted by Gasteiger charge is 2.20. The lowest BCUT2D eigenvalue weighted by molar-refractivity contribution is 0.500. The summed E-state index contributed by atoms with van der Waals surface area (Å²) in [6.07, 6.45) is 0. The molecule has 16 heavy (non-hydrogen) atoms. The first kappa shape index (κ1) is 12.0. The van der Waals surface area contributed by atoms with E-state index in [1.807, 2.05) is 12.1 Å². The molecule has 1 atom stereocenters. The van der Waals surface area contributed by atoms with Gasteiger partial charge in [0, 0.05) is 31.4 Å². The van der Waals surface area contributed by atoms with Crippen LogP contribution in [0.1, 0.15) is 12.5 Å². The van der Waals surface area contributed by atoms with Crippen LogP contribution in [0.5, 0.6) is 0 Å². The van der Waals surface area contributed by atoms with Gasteiger partial charge < -0.3 is 10.2 Å². The second-order valence-corrected chi connectivity index (χ2v) is 5.11. The molecule has 0 aromatic heterocycles. The van der Waals surface area contributed by atoms with Crippen LogP contribution in [0.3, 0.4) is 0 Å². The van der Waals surface area contributed by atoms with Crippen LogP contribution in [0.15, 0.2) is 12.1 Å². The molecular formula is C12H16Cl2N2. The van der Waals surface area contributed by atoms with Crippen molar-refractivity contribution in [1.82, 2.24) is 5.32 Å². The maximum absolute atomic E-state index is 6.08. The van der Waals surface area contributed by atoms with Gasteiger partial charge in [-0.25, -0.2) is 0 Å². The monoisotopic (exact) mass is 258 g/mol. The number of hydrogen-bond acceptors (Lipinski definition) is 2. The minimum absolute atomic E-state index is 0.490. The molecule has 88 valence electrons. The molecule has 0 saturated carbocycles. The predicted molar refractivity (Wildman–Crippen MR) is 70.9 cm³/mol. The maximum atomic E-state index is 6.08. The van der Waals surface area contributed by atoms with Crippen LogP contribution >= 0.6 is 23.2 Å². The van der Waals surface area contributed by atoms with Gasteiger partial charge in [-0.3, -0.25) is 0 Å². The SMILES string of the molecule is Cc1cc(Cl)c(Cl)cc1N1CCNC[C@@H]1C. The topological polar surface area (TPSA) is 15.3 Å². The first-order valence-corrected chi connectivity index (χ1v) is 6.28.